The molecule has 2 nitrogen and oxygen atoms in total. The molecule has 0 aliphatic heterocycles. The van der Waals surface area contributed by atoms with Crippen LogP contribution in [0.15, 0.2) is 36.4 Å². The number of halogens is 2. The molecule has 0 spiro atoms. The molecule has 3 rings (SSSR count). The Balaban J connectivity index is 2.39. The highest BCUT2D eigenvalue weighted by Gasteiger charge is 2.17. The molecule has 1 aromatic heterocycles. The molecule has 0 aliphatic carbocycles. The molecule has 1 atom stereocenters. The van der Waals surface area contributed by atoms with E-state index in [-0.39, 0.29) is 5.38 Å². The average Bonchev–Trinajstić information content (AvgIpc) is 2.80. The predicted molar refractivity (Wildman–Crippen MR) is 97.5 cm³/mol. The highest BCUT2D eigenvalue weighted by molar-refractivity contribution is 14.1. The van der Waals surface area contributed by atoms with Crippen molar-refractivity contribution < 1.29 is 0 Å². The normalized spacial score (nSPS) is 12.8. The summed E-state index contributed by atoms with van der Waals surface area (Å²) >= 11 is 8.69. The quantitative estimate of drug-likeness (QED) is 0.400. The van der Waals surface area contributed by atoms with Crippen molar-refractivity contribution >= 4 is 45.2 Å². The van der Waals surface area contributed by atoms with Crippen LogP contribution in [0.5, 0.6) is 0 Å². The molecule has 0 N–H and O–H groups in total. The molecule has 108 valence electrons. The summed E-state index contributed by atoms with van der Waals surface area (Å²) in [6.07, 6.45) is 0. The summed E-state index contributed by atoms with van der Waals surface area (Å²) < 4.78 is 3.37. The third kappa shape index (κ3) is 2.69. The molecule has 0 aliphatic rings. The minimum absolute atomic E-state index is 0.144. The summed E-state index contributed by atoms with van der Waals surface area (Å²) in [6.45, 7) is 6.19. The Kier molecular flexibility index (Phi) is 3.97. The maximum absolute atomic E-state index is 6.38. The Morgan fingerprint density at radius 2 is 1.90 bits per heavy atom. The van der Waals surface area contributed by atoms with Gasteiger partial charge in [-0.15, -0.1) is 11.6 Å². The predicted octanol–water partition coefficient (Wildman–Crippen LogP) is 5.55. The Morgan fingerprint density at radius 3 is 2.62 bits per heavy atom. The minimum atomic E-state index is -0.144. The van der Waals surface area contributed by atoms with Crippen molar-refractivity contribution in [3.63, 3.8) is 0 Å². The van der Waals surface area contributed by atoms with Crippen LogP contribution in [-0.4, -0.2) is 9.55 Å². The van der Waals surface area contributed by atoms with Gasteiger partial charge >= 0.3 is 0 Å². The van der Waals surface area contributed by atoms with E-state index < -0.39 is 0 Å². The molecule has 0 saturated heterocycles. The summed E-state index contributed by atoms with van der Waals surface area (Å²) in [5.74, 6) is 0.891. The molecule has 1 unspecified atom stereocenters. The molecule has 0 fully saturated rings. The number of aromatic nitrogens is 2. The first-order chi connectivity index (χ1) is 9.97. The van der Waals surface area contributed by atoms with E-state index in [9.17, 15) is 0 Å². The van der Waals surface area contributed by atoms with E-state index in [1.54, 1.807) is 0 Å². The van der Waals surface area contributed by atoms with Gasteiger partial charge in [0, 0.05) is 3.57 Å². The van der Waals surface area contributed by atoms with Crippen LogP contribution in [0.4, 0.5) is 0 Å². The average molecular weight is 411 g/mol. The van der Waals surface area contributed by atoms with Gasteiger partial charge in [-0.2, -0.15) is 0 Å². The molecule has 2 aromatic carbocycles. The zero-order valence-corrected chi connectivity index (χ0v) is 15.1. The molecule has 21 heavy (non-hydrogen) atoms. The molecule has 0 amide bonds. The van der Waals surface area contributed by atoms with Crippen LogP contribution < -0.4 is 0 Å². The van der Waals surface area contributed by atoms with Gasteiger partial charge in [-0.25, -0.2) is 4.98 Å². The van der Waals surface area contributed by atoms with Gasteiger partial charge in [0.15, 0.2) is 0 Å². The summed E-state index contributed by atoms with van der Waals surface area (Å²) in [4.78, 5) is 4.75. The monoisotopic (exact) mass is 410 g/mol. The van der Waals surface area contributed by atoms with E-state index in [0.717, 1.165) is 22.5 Å². The lowest BCUT2D eigenvalue weighted by Crippen LogP contribution is -2.04. The zero-order chi connectivity index (χ0) is 15.1. The number of alkyl halides is 1. The van der Waals surface area contributed by atoms with Gasteiger partial charge in [-0.3, -0.25) is 4.57 Å². The molecule has 3 aromatic rings. The number of hydrogen-bond acceptors (Lipinski definition) is 1. The highest BCUT2D eigenvalue weighted by Crippen LogP contribution is 2.30. The molecule has 0 saturated carbocycles. The number of rotatable bonds is 2. The Morgan fingerprint density at radius 1 is 1.14 bits per heavy atom. The summed E-state index contributed by atoms with van der Waals surface area (Å²) in [6, 6.07) is 12.8. The molecule has 0 radical (unpaired) electrons. The van der Waals surface area contributed by atoms with Crippen LogP contribution in [0.25, 0.3) is 16.7 Å². The third-order valence-corrected chi connectivity index (χ3v) is 4.47. The van der Waals surface area contributed by atoms with Crippen molar-refractivity contribution in [2.45, 2.75) is 26.1 Å². The molecule has 1 heterocycles. The van der Waals surface area contributed by atoms with Crippen molar-refractivity contribution in [3.8, 4) is 5.69 Å². The van der Waals surface area contributed by atoms with Crippen LogP contribution in [0.1, 0.15) is 29.3 Å². The van der Waals surface area contributed by atoms with Gasteiger partial charge in [-0.05, 0) is 78.8 Å². The lowest BCUT2D eigenvalue weighted by molar-refractivity contribution is 0.877. The van der Waals surface area contributed by atoms with Gasteiger partial charge in [0.25, 0.3) is 0 Å². The standard InChI is InChI=1S/C17H16ClIN2/c1-10-4-5-11(2)16(8-10)21-15-7-6-13(19)9-14(15)20-17(21)12(3)18/h4-9,12H,1-3H3. The number of aryl methyl sites for hydroxylation is 2. The number of fused-ring (bicyclic) bond motifs is 1. The largest absolute Gasteiger partial charge is 0.295 e. The van der Waals surface area contributed by atoms with Crippen LogP contribution >= 0.6 is 34.2 Å². The Labute approximate surface area is 143 Å². The van der Waals surface area contributed by atoms with E-state index >= 15 is 0 Å². The van der Waals surface area contributed by atoms with Crippen LogP contribution in [0, 0.1) is 17.4 Å². The lowest BCUT2D eigenvalue weighted by Gasteiger charge is -2.14. The molecular weight excluding hydrogens is 395 g/mol. The first kappa shape index (κ1) is 14.9. The second-order valence-corrected chi connectivity index (χ2v) is 7.24. The van der Waals surface area contributed by atoms with Gasteiger partial charge < -0.3 is 0 Å². The molecular formula is C17H16ClIN2. The van der Waals surface area contributed by atoms with Crippen molar-refractivity contribution in [2.75, 3.05) is 0 Å². The van der Waals surface area contributed by atoms with Crippen LogP contribution in [0.3, 0.4) is 0 Å². The fourth-order valence-electron chi connectivity index (χ4n) is 2.55. The molecule has 0 bridgehead atoms. The number of imidazole rings is 1. The highest BCUT2D eigenvalue weighted by atomic mass is 127. The first-order valence-corrected chi connectivity index (χ1v) is 8.38. The number of benzene rings is 2. The summed E-state index contributed by atoms with van der Waals surface area (Å²) in [7, 11) is 0. The SMILES string of the molecule is Cc1ccc(C)c(-n2c(C(C)Cl)nc3cc(I)ccc32)c1. The fraction of sp³-hybridized carbons (Fsp3) is 0.235. The third-order valence-electron chi connectivity index (χ3n) is 3.60. The van der Waals surface area contributed by atoms with Gasteiger partial charge in [-0.1, -0.05) is 12.1 Å². The van der Waals surface area contributed by atoms with Crippen LogP contribution in [0.2, 0.25) is 0 Å². The topological polar surface area (TPSA) is 17.8 Å². The van der Waals surface area contributed by atoms with E-state index in [0.29, 0.717) is 0 Å². The van der Waals surface area contributed by atoms with E-state index in [1.165, 1.54) is 14.7 Å². The van der Waals surface area contributed by atoms with Crippen molar-refractivity contribution in [1.82, 2.24) is 9.55 Å². The maximum atomic E-state index is 6.38. The Hall–Kier alpha value is -1.07. The van der Waals surface area contributed by atoms with Gasteiger partial charge in [0.1, 0.15) is 5.82 Å². The minimum Gasteiger partial charge on any atom is -0.295 e. The number of nitrogens with zero attached hydrogens (tertiary/aromatic N) is 2. The van der Waals surface area contributed by atoms with E-state index in [2.05, 4.69) is 77.4 Å². The smallest absolute Gasteiger partial charge is 0.132 e. The van der Waals surface area contributed by atoms with Crippen molar-refractivity contribution in [1.29, 1.82) is 0 Å². The maximum Gasteiger partial charge on any atom is 0.132 e. The lowest BCUT2D eigenvalue weighted by atomic mass is 10.1. The fourth-order valence-corrected chi connectivity index (χ4v) is 3.17. The first-order valence-electron chi connectivity index (χ1n) is 6.87. The van der Waals surface area contributed by atoms with Crippen LogP contribution in [-0.2, 0) is 0 Å². The van der Waals surface area contributed by atoms with E-state index in [1.807, 2.05) is 6.92 Å². The summed E-state index contributed by atoms with van der Waals surface area (Å²) in [5, 5.41) is -0.144. The van der Waals surface area contributed by atoms with Gasteiger partial charge in [0.05, 0.1) is 22.1 Å². The van der Waals surface area contributed by atoms with Crippen molar-refractivity contribution in [2.24, 2.45) is 0 Å². The van der Waals surface area contributed by atoms with E-state index in [4.69, 9.17) is 16.6 Å². The zero-order valence-electron chi connectivity index (χ0n) is 12.2. The second-order valence-electron chi connectivity index (χ2n) is 5.34. The van der Waals surface area contributed by atoms with Crippen molar-refractivity contribution in [3.05, 3.63) is 56.9 Å². The molecule has 4 heteroatoms. The second kappa shape index (κ2) is 5.61. The Bertz CT molecular complexity index is 821. The summed E-state index contributed by atoms with van der Waals surface area (Å²) in [5.41, 5.74) is 5.70. The number of hydrogen-bond donors (Lipinski definition) is 0. The van der Waals surface area contributed by atoms with Gasteiger partial charge in [0.2, 0.25) is 0 Å².